The van der Waals surface area contributed by atoms with E-state index in [0.29, 0.717) is 5.82 Å². The third-order valence-corrected chi connectivity index (χ3v) is 2.48. The van der Waals surface area contributed by atoms with Crippen LogP contribution in [-0.4, -0.2) is 15.8 Å². The third-order valence-electron chi connectivity index (χ3n) is 2.48. The average molecular weight is 200 g/mol. The molecule has 3 heteroatoms. The number of rotatable bonds is 2. The lowest BCUT2D eigenvalue weighted by molar-refractivity contribution is 0.111. The van der Waals surface area contributed by atoms with E-state index in [-0.39, 0.29) is 0 Å². The predicted octanol–water partition coefficient (Wildman–Crippen LogP) is 2.21. The molecule has 0 fully saturated rings. The van der Waals surface area contributed by atoms with Crippen LogP contribution in [0.3, 0.4) is 0 Å². The fourth-order valence-corrected chi connectivity index (χ4v) is 1.53. The number of carbonyl (C=O) groups excluding carboxylic acids is 1. The second kappa shape index (κ2) is 3.69. The van der Waals surface area contributed by atoms with E-state index < -0.39 is 0 Å². The zero-order valence-electron chi connectivity index (χ0n) is 8.77. The van der Waals surface area contributed by atoms with Crippen molar-refractivity contribution in [1.29, 1.82) is 0 Å². The molecule has 1 heterocycles. The van der Waals surface area contributed by atoms with Gasteiger partial charge in [0.1, 0.15) is 0 Å². The Bertz CT molecular complexity index is 483. The fourth-order valence-electron chi connectivity index (χ4n) is 1.53. The molecule has 0 aliphatic rings. The van der Waals surface area contributed by atoms with Gasteiger partial charge >= 0.3 is 0 Å². The van der Waals surface area contributed by atoms with Gasteiger partial charge in [0.25, 0.3) is 0 Å². The minimum Gasteiger partial charge on any atom is -0.325 e. The quantitative estimate of drug-likeness (QED) is 0.696. The van der Waals surface area contributed by atoms with Crippen LogP contribution in [0.5, 0.6) is 0 Å². The van der Waals surface area contributed by atoms with Crippen LogP contribution in [0.1, 0.15) is 16.2 Å². The summed E-state index contributed by atoms with van der Waals surface area (Å²) in [4.78, 5) is 14.7. The van der Waals surface area contributed by atoms with Crippen molar-refractivity contribution in [2.24, 2.45) is 7.05 Å². The van der Waals surface area contributed by atoms with Crippen LogP contribution >= 0.6 is 0 Å². The molecule has 0 aliphatic heterocycles. The van der Waals surface area contributed by atoms with Crippen LogP contribution in [0.15, 0.2) is 30.5 Å². The first kappa shape index (κ1) is 9.65. The Morgan fingerprint density at radius 2 is 1.93 bits per heavy atom. The van der Waals surface area contributed by atoms with Crippen molar-refractivity contribution in [3.63, 3.8) is 0 Å². The minimum atomic E-state index is 0.450. The van der Waals surface area contributed by atoms with E-state index in [1.54, 1.807) is 10.8 Å². The average Bonchev–Trinajstić information content (AvgIpc) is 2.61. The molecule has 0 saturated heterocycles. The maximum atomic E-state index is 10.6. The van der Waals surface area contributed by atoms with Crippen molar-refractivity contribution >= 4 is 6.29 Å². The summed E-state index contributed by atoms with van der Waals surface area (Å²) < 4.78 is 1.79. The number of aldehydes is 1. The van der Waals surface area contributed by atoms with Gasteiger partial charge in [0.15, 0.2) is 12.1 Å². The molecule has 0 atom stereocenters. The summed E-state index contributed by atoms with van der Waals surface area (Å²) in [6, 6.07) is 8.15. The van der Waals surface area contributed by atoms with Crippen LogP contribution in [0.25, 0.3) is 11.3 Å². The number of benzene rings is 1. The highest BCUT2D eigenvalue weighted by molar-refractivity contribution is 5.72. The highest BCUT2D eigenvalue weighted by atomic mass is 16.1. The summed E-state index contributed by atoms with van der Waals surface area (Å²) in [5.74, 6) is 0.450. The summed E-state index contributed by atoms with van der Waals surface area (Å²) >= 11 is 0. The van der Waals surface area contributed by atoms with E-state index in [0.717, 1.165) is 17.5 Å². The van der Waals surface area contributed by atoms with E-state index >= 15 is 0 Å². The van der Waals surface area contributed by atoms with Gasteiger partial charge in [-0.25, -0.2) is 4.98 Å². The monoisotopic (exact) mass is 200 g/mol. The molecule has 0 radical (unpaired) electrons. The third kappa shape index (κ3) is 1.68. The molecule has 0 amide bonds. The molecule has 76 valence electrons. The minimum absolute atomic E-state index is 0.450. The second-order valence-electron chi connectivity index (χ2n) is 3.54. The molecule has 3 nitrogen and oxygen atoms in total. The molecule has 2 rings (SSSR count). The normalized spacial score (nSPS) is 10.3. The Labute approximate surface area is 88.4 Å². The molecule has 0 spiro atoms. The lowest BCUT2D eigenvalue weighted by Crippen LogP contribution is -1.97. The van der Waals surface area contributed by atoms with Gasteiger partial charge in [0.05, 0.1) is 11.9 Å². The molecule has 0 unspecified atom stereocenters. The van der Waals surface area contributed by atoms with Crippen molar-refractivity contribution in [2.45, 2.75) is 6.92 Å². The number of carbonyl (C=O) groups is 1. The van der Waals surface area contributed by atoms with E-state index in [9.17, 15) is 4.79 Å². The molecular weight excluding hydrogens is 188 g/mol. The summed E-state index contributed by atoms with van der Waals surface area (Å²) in [7, 11) is 1.84. The van der Waals surface area contributed by atoms with Gasteiger partial charge in [0, 0.05) is 7.05 Å². The summed E-state index contributed by atoms with van der Waals surface area (Å²) in [6.45, 7) is 2.05. The molecule has 1 aromatic heterocycles. The Hall–Kier alpha value is -1.90. The van der Waals surface area contributed by atoms with Crippen LogP contribution in [0, 0.1) is 6.92 Å². The van der Waals surface area contributed by atoms with Crippen molar-refractivity contribution in [3.05, 3.63) is 41.9 Å². The molecular formula is C12H12N2O. The highest BCUT2D eigenvalue weighted by Crippen LogP contribution is 2.19. The summed E-state index contributed by atoms with van der Waals surface area (Å²) in [5.41, 5.74) is 3.25. The lowest BCUT2D eigenvalue weighted by atomic mass is 10.1. The number of hydrogen-bond donors (Lipinski definition) is 0. The topological polar surface area (TPSA) is 34.9 Å². The van der Waals surface area contributed by atoms with Crippen LogP contribution < -0.4 is 0 Å². The zero-order valence-corrected chi connectivity index (χ0v) is 8.77. The SMILES string of the molecule is Cc1ccc(-c2cnc(C=O)n2C)cc1. The number of aryl methyl sites for hydroxylation is 1. The number of nitrogens with zero attached hydrogens (tertiary/aromatic N) is 2. The molecule has 2 aromatic rings. The maximum absolute atomic E-state index is 10.6. The fraction of sp³-hybridized carbons (Fsp3) is 0.167. The van der Waals surface area contributed by atoms with Crippen molar-refractivity contribution in [1.82, 2.24) is 9.55 Å². The standard InChI is InChI=1S/C12H12N2O/c1-9-3-5-10(6-4-9)11-7-13-12(8-15)14(11)2/h3-8H,1-2H3. The second-order valence-corrected chi connectivity index (χ2v) is 3.54. The van der Waals surface area contributed by atoms with Gasteiger partial charge < -0.3 is 4.57 Å². The van der Waals surface area contributed by atoms with Crippen LogP contribution in [-0.2, 0) is 7.05 Å². The largest absolute Gasteiger partial charge is 0.325 e. The predicted molar refractivity (Wildman–Crippen MR) is 58.8 cm³/mol. The van der Waals surface area contributed by atoms with E-state index in [1.165, 1.54) is 5.56 Å². The number of aromatic nitrogens is 2. The molecule has 1 aromatic carbocycles. The first-order valence-electron chi connectivity index (χ1n) is 4.76. The maximum Gasteiger partial charge on any atom is 0.185 e. The van der Waals surface area contributed by atoms with Gasteiger partial charge in [-0.3, -0.25) is 4.79 Å². The van der Waals surface area contributed by atoms with E-state index in [4.69, 9.17) is 0 Å². The Balaban J connectivity index is 2.49. The van der Waals surface area contributed by atoms with Crippen molar-refractivity contribution in [2.75, 3.05) is 0 Å². The molecule has 0 bridgehead atoms. The lowest BCUT2D eigenvalue weighted by Gasteiger charge is -2.03. The van der Waals surface area contributed by atoms with E-state index in [1.807, 2.05) is 38.2 Å². The summed E-state index contributed by atoms with van der Waals surface area (Å²) in [6.07, 6.45) is 2.48. The van der Waals surface area contributed by atoms with Gasteiger partial charge in [0.2, 0.25) is 0 Å². The van der Waals surface area contributed by atoms with Gasteiger partial charge in [-0.05, 0) is 12.5 Å². The Morgan fingerprint density at radius 3 is 2.47 bits per heavy atom. The molecule has 15 heavy (non-hydrogen) atoms. The molecule has 0 N–H and O–H groups in total. The van der Waals surface area contributed by atoms with Gasteiger partial charge in [-0.1, -0.05) is 29.8 Å². The van der Waals surface area contributed by atoms with Gasteiger partial charge in [-0.15, -0.1) is 0 Å². The van der Waals surface area contributed by atoms with Crippen LogP contribution in [0.2, 0.25) is 0 Å². The smallest absolute Gasteiger partial charge is 0.185 e. The Kier molecular flexibility index (Phi) is 2.37. The number of hydrogen-bond acceptors (Lipinski definition) is 2. The zero-order chi connectivity index (χ0) is 10.8. The first-order valence-corrected chi connectivity index (χ1v) is 4.76. The van der Waals surface area contributed by atoms with Crippen molar-refractivity contribution in [3.8, 4) is 11.3 Å². The van der Waals surface area contributed by atoms with Gasteiger partial charge in [-0.2, -0.15) is 0 Å². The first-order chi connectivity index (χ1) is 7.22. The number of imidazole rings is 1. The molecule has 0 aliphatic carbocycles. The Morgan fingerprint density at radius 1 is 1.27 bits per heavy atom. The van der Waals surface area contributed by atoms with Crippen molar-refractivity contribution < 1.29 is 4.79 Å². The highest BCUT2D eigenvalue weighted by Gasteiger charge is 2.06. The summed E-state index contributed by atoms with van der Waals surface area (Å²) in [5, 5.41) is 0. The van der Waals surface area contributed by atoms with Crippen LogP contribution in [0.4, 0.5) is 0 Å². The molecule has 0 saturated carbocycles. The van der Waals surface area contributed by atoms with E-state index in [2.05, 4.69) is 4.98 Å².